The van der Waals surface area contributed by atoms with Crippen LogP contribution in [0.4, 0.5) is 5.82 Å². The average molecular weight is 297 g/mol. The van der Waals surface area contributed by atoms with Gasteiger partial charge in [-0.1, -0.05) is 18.0 Å². The average Bonchev–Trinajstić information content (AvgIpc) is 2.82. The SMILES string of the molecule is COCc1nc(Cl)cc(NC2CCN3CCCCC23)n1. The van der Waals surface area contributed by atoms with Crippen LogP contribution in [0.2, 0.25) is 5.15 Å². The Morgan fingerprint density at radius 1 is 1.35 bits per heavy atom. The van der Waals surface area contributed by atoms with Gasteiger partial charge in [-0.05, 0) is 25.8 Å². The van der Waals surface area contributed by atoms with Crippen molar-refractivity contribution in [3.8, 4) is 0 Å². The van der Waals surface area contributed by atoms with Crippen LogP contribution in [0.3, 0.4) is 0 Å². The highest BCUT2D eigenvalue weighted by Crippen LogP contribution is 2.29. The molecule has 110 valence electrons. The highest BCUT2D eigenvalue weighted by atomic mass is 35.5. The number of hydrogen-bond acceptors (Lipinski definition) is 5. The van der Waals surface area contributed by atoms with Crippen LogP contribution >= 0.6 is 11.6 Å². The highest BCUT2D eigenvalue weighted by Gasteiger charge is 2.35. The minimum Gasteiger partial charge on any atom is -0.377 e. The number of anilines is 1. The molecule has 1 aromatic rings. The minimum absolute atomic E-state index is 0.384. The Kier molecular flexibility index (Phi) is 4.38. The Balaban J connectivity index is 1.71. The van der Waals surface area contributed by atoms with Crippen LogP contribution in [0.15, 0.2) is 6.07 Å². The molecule has 20 heavy (non-hydrogen) atoms. The lowest BCUT2D eigenvalue weighted by Crippen LogP contribution is -2.41. The van der Waals surface area contributed by atoms with Gasteiger partial charge >= 0.3 is 0 Å². The molecule has 2 fully saturated rings. The van der Waals surface area contributed by atoms with Crippen LogP contribution in [-0.4, -0.2) is 47.2 Å². The number of piperidine rings is 1. The minimum atomic E-state index is 0.384. The van der Waals surface area contributed by atoms with Crippen molar-refractivity contribution in [2.24, 2.45) is 0 Å². The van der Waals surface area contributed by atoms with E-state index in [0.29, 0.717) is 29.7 Å². The lowest BCUT2D eigenvalue weighted by Gasteiger charge is -2.32. The lowest BCUT2D eigenvalue weighted by atomic mass is 9.99. The molecule has 0 radical (unpaired) electrons. The van der Waals surface area contributed by atoms with E-state index in [4.69, 9.17) is 16.3 Å². The molecule has 1 aromatic heterocycles. The highest BCUT2D eigenvalue weighted by molar-refractivity contribution is 6.29. The van der Waals surface area contributed by atoms with Crippen molar-refractivity contribution in [2.75, 3.05) is 25.5 Å². The molecule has 5 nitrogen and oxygen atoms in total. The third-order valence-electron chi connectivity index (χ3n) is 4.20. The number of aromatic nitrogens is 2. The molecule has 0 aromatic carbocycles. The predicted octanol–water partition coefficient (Wildman–Crippen LogP) is 2.32. The van der Waals surface area contributed by atoms with Gasteiger partial charge in [-0.3, -0.25) is 4.90 Å². The van der Waals surface area contributed by atoms with Gasteiger partial charge in [0.15, 0.2) is 5.82 Å². The first kappa shape index (κ1) is 14.0. The first-order valence-electron chi connectivity index (χ1n) is 7.29. The van der Waals surface area contributed by atoms with Gasteiger partial charge in [-0.2, -0.15) is 0 Å². The van der Waals surface area contributed by atoms with Crippen molar-refractivity contribution in [3.63, 3.8) is 0 Å². The summed E-state index contributed by atoms with van der Waals surface area (Å²) in [6.45, 7) is 2.81. The Hall–Kier alpha value is -0.910. The second-order valence-electron chi connectivity index (χ2n) is 5.56. The summed E-state index contributed by atoms with van der Waals surface area (Å²) in [5, 5.41) is 4.01. The number of ether oxygens (including phenoxy) is 1. The quantitative estimate of drug-likeness (QED) is 0.864. The fourth-order valence-electron chi connectivity index (χ4n) is 3.34. The maximum atomic E-state index is 6.05. The largest absolute Gasteiger partial charge is 0.377 e. The molecule has 0 spiro atoms. The molecular weight excluding hydrogens is 276 g/mol. The van der Waals surface area contributed by atoms with E-state index in [2.05, 4.69) is 20.2 Å². The zero-order chi connectivity index (χ0) is 13.9. The fraction of sp³-hybridized carbons (Fsp3) is 0.714. The van der Waals surface area contributed by atoms with Crippen molar-refractivity contribution in [1.82, 2.24) is 14.9 Å². The van der Waals surface area contributed by atoms with E-state index in [0.717, 1.165) is 5.82 Å². The number of fused-ring (bicyclic) bond motifs is 1. The van der Waals surface area contributed by atoms with E-state index in [9.17, 15) is 0 Å². The Morgan fingerprint density at radius 3 is 3.10 bits per heavy atom. The van der Waals surface area contributed by atoms with E-state index in [1.54, 1.807) is 13.2 Å². The molecular formula is C14H21ClN4O. The molecule has 3 heterocycles. The molecule has 2 aliphatic heterocycles. The third kappa shape index (κ3) is 3.05. The molecule has 2 atom stereocenters. The Labute approximate surface area is 124 Å². The fourth-order valence-corrected chi connectivity index (χ4v) is 3.54. The number of halogens is 1. The topological polar surface area (TPSA) is 50.3 Å². The summed E-state index contributed by atoms with van der Waals surface area (Å²) in [5.41, 5.74) is 0. The lowest BCUT2D eigenvalue weighted by molar-refractivity contribution is 0.178. The number of nitrogens with zero attached hydrogens (tertiary/aromatic N) is 3. The van der Waals surface area contributed by atoms with Gasteiger partial charge in [0, 0.05) is 31.8 Å². The summed E-state index contributed by atoms with van der Waals surface area (Å²) in [5.74, 6) is 1.44. The summed E-state index contributed by atoms with van der Waals surface area (Å²) in [6.07, 6.45) is 5.12. The van der Waals surface area contributed by atoms with E-state index in [1.807, 2.05) is 0 Å². The zero-order valence-corrected chi connectivity index (χ0v) is 12.6. The van der Waals surface area contributed by atoms with Crippen molar-refractivity contribution in [2.45, 2.75) is 44.4 Å². The molecule has 0 bridgehead atoms. The van der Waals surface area contributed by atoms with Crippen LogP contribution in [-0.2, 0) is 11.3 Å². The molecule has 1 N–H and O–H groups in total. The van der Waals surface area contributed by atoms with E-state index in [1.165, 1.54) is 38.8 Å². The van der Waals surface area contributed by atoms with Gasteiger partial charge < -0.3 is 10.1 Å². The molecule has 0 amide bonds. The summed E-state index contributed by atoms with van der Waals surface area (Å²) in [7, 11) is 1.63. The summed E-state index contributed by atoms with van der Waals surface area (Å²) >= 11 is 6.05. The van der Waals surface area contributed by atoms with Gasteiger partial charge in [0.2, 0.25) is 0 Å². The Bertz CT molecular complexity index is 470. The number of methoxy groups -OCH3 is 1. The summed E-state index contributed by atoms with van der Waals surface area (Å²) < 4.78 is 5.07. The normalized spacial score (nSPS) is 26.5. The number of rotatable bonds is 4. The second-order valence-corrected chi connectivity index (χ2v) is 5.95. The van der Waals surface area contributed by atoms with Gasteiger partial charge in [-0.25, -0.2) is 9.97 Å². The summed E-state index contributed by atoms with van der Waals surface area (Å²) in [6, 6.07) is 2.91. The van der Waals surface area contributed by atoms with Crippen LogP contribution in [0.25, 0.3) is 0 Å². The maximum Gasteiger partial charge on any atom is 0.158 e. The number of nitrogens with one attached hydrogen (secondary N) is 1. The molecule has 2 aliphatic rings. The van der Waals surface area contributed by atoms with Gasteiger partial charge in [0.05, 0.1) is 0 Å². The van der Waals surface area contributed by atoms with Crippen molar-refractivity contribution >= 4 is 17.4 Å². The van der Waals surface area contributed by atoms with Gasteiger partial charge in [-0.15, -0.1) is 0 Å². The van der Waals surface area contributed by atoms with Crippen LogP contribution in [0.5, 0.6) is 0 Å². The van der Waals surface area contributed by atoms with E-state index in [-0.39, 0.29) is 0 Å². The van der Waals surface area contributed by atoms with Gasteiger partial charge in [0.1, 0.15) is 17.6 Å². The maximum absolute atomic E-state index is 6.05. The predicted molar refractivity (Wildman–Crippen MR) is 79.0 cm³/mol. The van der Waals surface area contributed by atoms with Crippen LogP contribution < -0.4 is 5.32 Å². The zero-order valence-electron chi connectivity index (χ0n) is 11.8. The van der Waals surface area contributed by atoms with Gasteiger partial charge in [0.25, 0.3) is 0 Å². The first-order valence-corrected chi connectivity index (χ1v) is 7.67. The molecule has 0 saturated carbocycles. The van der Waals surface area contributed by atoms with Crippen LogP contribution in [0, 0.1) is 0 Å². The molecule has 0 aliphatic carbocycles. The Morgan fingerprint density at radius 2 is 2.25 bits per heavy atom. The van der Waals surface area contributed by atoms with Crippen molar-refractivity contribution in [3.05, 3.63) is 17.0 Å². The van der Waals surface area contributed by atoms with E-state index < -0.39 is 0 Å². The smallest absolute Gasteiger partial charge is 0.158 e. The monoisotopic (exact) mass is 296 g/mol. The molecule has 6 heteroatoms. The second kappa shape index (κ2) is 6.24. The third-order valence-corrected chi connectivity index (χ3v) is 4.40. The molecule has 3 rings (SSSR count). The molecule has 2 saturated heterocycles. The number of hydrogen-bond donors (Lipinski definition) is 1. The van der Waals surface area contributed by atoms with E-state index >= 15 is 0 Å². The van der Waals surface area contributed by atoms with Crippen molar-refractivity contribution < 1.29 is 4.74 Å². The van der Waals surface area contributed by atoms with Crippen molar-refractivity contribution in [1.29, 1.82) is 0 Å². The standard InChI is InChI=1S/C14H21ClN4O/c1-20-9-14-17-12(15)8-13(18-14)16-10-5-7-19-6-3-2-4-11(10)19/h8,10-11H,2-7,9H2,1H3,(H,16,17,18). The summed E-state index contributed by atoms with van der Waals surface area (Å²) in [4.78, 5) is 11.2. The molecule has 2 unspecified atom stereocenters. The van der Waals surface area contributed by atoms with Crippen LogP contribution in [0.1, 0.15) is 31.5 Å². The first-order chi connectivity index (χ1) is 9.76.